The number of carbonyl (C=O) groups excluding carboxylic acids is 1. The number of nitrogens with one attached hydrogen (secondary N) is 1. The number of rotatable bonds is 4. The Labute approximate surface area is 130 Å². The molecule has 0 bridgehead atoms. The SMILES string of the molecule is NC(=O)O[C@H]1CN[C@@H](C(c2ccccc2)c2ccccc2)C1. The van der Waals surface area contributed by atoms with Crippen molar-refractivity contribution in [3.8, 4) is 0 Å². The fourth-order valence-electron chi connectivity index (χ4n) is 3.22. The van der Waals surface area contributed by atoms with E-state index in [-0.39, 0.29) is 18.1 Å². The van der Waals surface area contributed by atoms with Gasteiger partial charge in [0.15, 0.2) is 0 Å². The number of amides is 1. The number of primary amides is 1. The van der Waals surface area contributed by atoms with E-state index >= 15 is 0 Å². The van der Waals surface area contributed by atoms with Crippen LogP contribution in [0.2, 0.25) is 0 Å². The first kappa shape index (κ1) is 14.6. The summed E-state index contributed by atoms with van der Waals surface area (Å²) in [5, 5.41) is 3.48. The molecule has 2 atom stereocenters. The van der Waals surface area contributed by atoms with E-state index in [2.05, 4.69) is 53.8 Å². The third-order valence-electron chi connectivity index (χ3n) is 4.13. The number of hydrogen-bond donors (Lipinski definition) is 2. The number of benzene rings is 2. The molecule has 0 radical (unpaired) electrons. The van der Waals surface area contributed by atoms with Gasteiger partial charge in [-0.15, -0.1) is 0 Å². The zero-order valence-corrected chi connectivity index (χ0v) is 12.3. The zero-order valence-electron chi connectivity index (χ0n) is 12.3. The lowest BCUT2D eigenvalue weighted by molar-refractivity contribution is 0.115. The molecule has 0 saturated carbocycles. The maximum atomic E-state index is 10.9. The Bertz CT molecular complexity index is 576. The molecule has 0 spiro atoms. The normalized spacial score (nSPS) is 21.0. The van der Waals surface area contributed by atoms with Crippen LogP contribution in [-0.2, 0) is 4.74 Å². The third-order valence-corrected chi connectivity index (χ3v) is 4.13. The molecule has 1 fully saturated rings. The van der Waals surface area contributed by atoms with Crippen molar-refractivity contribution in [2.75, 3.05) is 6.54 Å². The third kappa shape index (κ3) is 3.28. The van der Waals surface area contributed by atoms with Crippen LogP contribution in [0, 0.1) is 0 Å². The van der Waals surface area contributed by atoms with E-state index in [1.165, 1.54) is 11.1 Å². The summed E-state index contributed by atoms with van der Waals surface area (Å²) in [4.78, 5) is 10.9. The van der Waals surface area contributed by atoms with Gasteiger partial charge in [0.05, 0.1) is 0 Å². The average molecular weight is 296 g/mol. The standard InChI is InChI=1S/C18H20N2O2/c19-18(21)22-15-11-16(20-12-15)17(13-7-3-1-4-8-13)14-9-5-2-6-10-14/h1-10,15-17,20H,11-12H2,(H2,19,21)/t15-,16-/m1/s1. The Kier molecular flexibility index (Phi) is 4.39. The van der Waals surface area contributed by atoms with E-state index in [0.717, 1.165) is 6.42 Å². The smallest absolute Gasteiger partial charge is 0.404 e. The van der Waals surface area contributed by atoms with Crippen LogP contribution in [0.25, 0.3) is 0 Å². The molecule has 114 valence electrons. The van der Waals surface area contributed by atoms with E-state index < -0.39 is 6.09 Å². The van der Waals surface area contributed by atoms with Crippen molar-refractivity contribution < 1.29 is 9.53 Å². The van der Waals surface area contributed by atoms with Gasteiger partial charge in [0.25, 0.3) is 0 Å². The summed E-state index contributed by atoms with van der Waals surface area (Å²) in [6, 6.07) is 21.0. The van der Waals surface area contributed by atoms with Crippen molar-refractivity contribution in [3.63, 3.8) is 0 Å². The second kappa shape index (κ2) is 6.62. The highest BCUT2D eigenvalue weighted by atomic mass is 16.6. The minimum atomic E-state index is -0.705. The Morgan fingerprint density at radius 1 is 1.05 bits per heavy atom. The lowest BCUT2D eigenvalue weighted by Crippen LogP contribution is -2.29. The summed E-state index contributed by atoms with van der Waals surface area (Å²) < 4.78 is 5.14. The predicted molar refractivity (Wildman–Crippen MR) is 85.6 cm³/mol. The first-order valence-electron chi connectivity index (χ1n) is 7.53. The van der Waals surface area contributed by atoms with Crippen LogP contribution >= 0.6 is 0 Å². The molecule has 0 aliphatic carbocycles. The molecule has 4 nitrogen and oxygen atoms in total. The van der Waals surface area contributed by atoms with Crippen LogP contribution in [0.5, 0.6) is 0 Å². The highest BCUT2D eigenvalue weighted by Crippen LogP contribution is 2.32. The lowest BCUT2D eigenvalue weighted by atomic mass is 9.84. The lowest BCUT2D eigenvalue weighted by Gasteiger charge is -2.25. The van der Waals surface area contributed by atoms with Crippen LogP contribution in [0.4, 0.5) is 4.79 Å². The Morgan fingerprint density at radius 3 is 2.09 bits per heavy atom. The van der Waals surface area contributed by atoms with Gasteiger partial charge in [0.1, 0.15) is 6.10 Å². The van der Waals surface area contributed by atoms with Crippen molar-refractivity contribution >= 4 is 6.09 Å². The summed E-state index contributed by atoms with van der Waals surface area (Å²) in [6.45, 7) is 0.643. The molecule has 1 aliphatic heterocycles. The molecule has 0 unspecified atom stereocenters. The molecule has 3 rings (SSSR count). The van der Waals surface area contributed by atoms with Crippen molar-refractivity contribution in [3.05, 3.63) is 71.8 Å². The largest absolute Gasteiger partial charge is 0.445 e. The minimum absolute atomic E-state index is 0.155. The highest BCUT2D eigenvalue weighted by Gasteiger charge is 2.33. The predicted octanol–water partition coefficient (Wildman–Crippen LogP) is 2.64. The summed E-state index contributed by atoms with van der Waals surface area (Å²) in [5.41, 5.74) is 7.64. The van der Waals surface area contributed by atoms with Crippen LogP contribution in [-0.4, -0.2) is 24.8 Å². The number of carbonyl (C=O) groups is 1. The first-order valence-corrected chi connectivity index (χ1v) is 7.53. The molecule has 1 saturated heterocycles. The van der Waals surface area contributed by atoms with E-state index in [0.29, 0.717) is 6.54 Å². The van der Waals surface area contributed by atoms with Gasteiger partial charge in [-0.2, -0.15) is 0 Å². The summed E-state index contributed by atoms with van der Waals surface area (Å²) >= 11 is 0. The zero-order chi connectivity index (χ0) is 15.4. The minimum Gasteiger partial charge on any atom is -0.445 e. The van der Waals surface area contributed by atoms with Crippen LogP contribution in [0.1, 0.15) is 23.5 Å². The summed E-state index contributed by atoms with van der Waals surface area (Å²) in [6.07, 6.45) is -0.0990. The fraction of sp³-hybridized carbons (Fsp3) is 0.278. The van der Waals surface area contributed by atoms with Crippen molar-refractivity contribution in [1.82, 2.24) is 5.32 Å². The average Bonchev–Trinajstić information content (AvgIpc) is 2.97. The van der Waals surface area contributed by atoms with E-state index in [4.69, 9.17) is 10.5 Å². The van der Waals surface area contributed by atoms with Gasteiger partial charge < -0.3 is 15.8 Å². The Hall–Kier alpha value is -2.33. The molecule has 1 aliphatic rings. The number of hydrogen-bond acceptors (Lipinski definition) is 3. The van der Waals surface area contributed by atoms with Gasteiger partial charge in [0.2, 0.25) is 0 Å². The molecule has 4 heteroatoms. The van der Waals surface area contributed by atoms with Gasteiger partial charge in [-0.05, 0) is 11.1 Å². The maximum absolute atomic E-state index is 10.9. The fourth-order valence-corrected chi connectivity index (χ4v) is 3.22. The van der Waals surface area contributed by atoms with Gasteiger partial charge in [-0.1, -0.05) is 60.7 Å². The molecule has 3 N–H and O–H groups in total. The van der Waals surface area contributed by atoms with Crippen LogP contribution < -0.4 is 11.1 Å². The maximum Gasteiger partial charge on any atom is 0.404 e. The Morgan fingerprint density at radius 2 is 1.59 bits per heavy atom. The van der Waals surface area contributed by atoms with Gasteiger partial charge >= 0.3 is 6.09 Å². The second-order valence-corrected chi connectivity index (χ2v) is 5.61. The molecular formula is C18H20N2O2. The second-order valence-electron chi connectivity index (χ2n) is 5.61. The topological polar surface area (TPSA) is 64.4 Å². The molecule has 2 aromatic rings. The summed E-state index contributed by atoms with van der Waals surface area (Å²) in [5.74, 6) is 0.226. The summed E-state index contributed by atoms with van der Waals surface area (Å²) in [7, 11) is 0. The highest BCUT2D eigenvalue weighted by molar-refractivity contribution is 5.64. The molecular weight excluding hydrogens is 276 g/mol. The Balaban J connectivity index is 1.86. The molecule has 22 heavy (non-hydrogen) atoms. The van der Waals surface area contributed by atoms with Gasteiger partial charge in [0, 0.05) is 24.9 Å². The number of ether oxygens (including phenoxy) is 1. The first-order chi connectivity index (χ1) is 10.7. The van der Waals surface area contributed by atoms with Crippen molar-refractivity contribution in [2.45, 2.75) is 24.5 Å². The van der Waals surface area contributed by atoms with E-state index in [9.17, 15) is 4.79 Å². The van der Waals surface area contributed by atoms with Crippen LogP contribution in [0.3, 0.4) is 0 Å². The van der Waals surface area contributed by atoms with E-state index in [1.807, 2.05) is 12.1 Å². The quantitative estimate of drug-likeness (QED) is 0.911. The molecule has 1 heterocycles. The van der Waals surface area contributed by atoms with Crippen LogP contribution in [0.15, 0.2) is 60.7 Å². The monoisotopic (exact) mass is 296 g/mol. The van der Waals surface area contributed by atoms with Crippen molar-refractivity contribution in [2.24, 2.45) is 5.73 Å². The molecule has 0 aromatic heterocycles. The van der Waals surface area contributed by atoms with Gasteiger partial charge in [-0.25, -0.2) is 4.79 Å². The van der Waals surface area contributed by atoms with E-state index in [1.54, 1.807) is 0 Å². The molecule has 1 amide bonds. The molecule has 2 aromatic carbocycles. The van der Waals surface area contributed by atoms with Crippen molar-refractivity contribution in [1.29, 1.82) is 0 Å². The van der Waals surface area contributed by atoms with Gasteiger partial charge in [-0.3, -0.25) is 0 Å². The number of nitrogens with two attached hydrogens (primary N) is 1.